The van der Waals surface area contributed by atoms with Crippen molar-refractivity contribution in [2.45, 2.75) is 31.2 Å². The zero-order valence-corrected chi connectivity index (χ0v) is 14.9. The summed E-state index contributed by atoms with van der Waals surface area (Å²) in [5.41, 5.74) is 1.68. The highest BCUT2D eigenvalue weighted by molar-refractivity contribution is 6.03. The third kappa shape index (κ3) is 2.77. The molecular formula is C19H21FN4O2. The minimum absolute atomic E-state index is 0.259. The zero-order chi connectivity index (χ0) is 18.4. The Labute approximate surface area is 151 Å². The van der Waals surface area contributed by atoms with Crippen molar-refractivity contribution in [2.24, 2.45) is 7.05 Å². The summed E-state index contributed by atoms with van der Waals surface area (Å²) >= 11 is 0. The second-order valence-corrected chi connectivity index (χ2v) is 7.01. The van der Waals surface area contributed by atoms with E-state index < -0.39 is 11.9 Å². The number of benzene rings is 1. The van der Waals surface area contributed by atoms with Gasteiger partial charge in [-0.05, 0) is 37.5 Å². The maximum Gasteiger partial charge on any atom is 0.274 e. The molecule has 0 spiro atoms. The molecule has 7 heteroatoms. The Morgan fingerprint density at radius 2 is 2.00 bits per heavy atom. The molecule has 2 fully saturated rings. The molecule has 4 rings (SSSR count). The lowest BCUT2D eigenvalue weighted by molar-refractivity contribution is -0.120. The molecule has 2 aromatic rings. The number of halogens is 1. The first-order valence-electron chi connectivity index (χ1n) is 8.84. The molecule has 2 heterocycles. The van der Waals surface area contributed by atoms with Gasteiger partial charge < -0.3 is 9.80 Å². The van der Waals surface area contributed by atoms with Crippen LogP contribution in [0.2, 0.25) is 0 Å². The van der Waals surface area contributed by atoms with Crippen molar-refractivity contribution in [3.05, 3.63) is 47.5 Å². The van der Waals surface area contributed by atoms with Crippen LogP contribution in [0.25, 0.3) is 0 Å². The van der Waals surface area contributed by atoms with E-state index in [0.717, 1.165) is 18.5 Å². The molecule has 26 heavy (non-hydrogen) atoms. The molecule has 6 nitrogen and oxygen atoms in total. The third-order valence-corrected chi connectivity index (χ3v) is 5.24. The molecule has 1 saturated carbocycles. The van der Waals surface area contributed by atoms with Gasteiger partial charge in [0.25, 0.3) is 5.91 Å². The summed E-state index contributed by atoms with van der Waals surface area (Å²) in [4.78, 5) is 28.4. The molecule has 2 amide bonds. The first-order chi connectivity index (χ1) is 12.5. The number of carbonyl (C=O) groups is 2. The maximum absolute atomic E-state index is 14.0. The summed E-state index contributed by atoms with van der Waals surface area (Å²) in [6, 6.07) is 7.42. The van der Waals surface area contributed by atoms with Crippen molar-refractivity contribution >= 4 is 17.5 Å². The van der Waals surface area contributed by atoms with Crippen LogP contribution in [0.5, 0.6) is 0 Å². The Morgan fingerprint density at radius 1 is 1.27 bits per heavy atom. The Balaban J connectivity index is 1.52. The van der Waals surface area contributed by atoms with Crippen molar-refractivity contribution in [3.63, 3.8) is 0 Å². The van der Waals surface area contributed by atoms with Gasteiger partial charge in [0.2, 0.25) is 5.91 Å². The Kier molecular flexibility index (Phi) is 4.01. The van der Waals surface area contributed by atoms with Crippen molar-refractivity contribution in [2.75, 3.05) is 18.5 Å². The van der Waals surface area contributed by atoms with Crippen LogP contribution in [0.3, 0.4) is 0 Å². The van der Waals surface area contributed by atoms with Gasteiger partial charge in [-0.25, -0.2) is 4.39 Å². The van der Waals surface area contributed by atoms with E-state index in [2.05, 4.69) is 5.10 Å². The molecule has 1 unspecified atom stereocenters. The zero-order valence-electron chi connectivity index (χ0n) is 14.9. The maximum atomic E-state index is 14.0. The number of amides is 2. The second kappa shape index (κ2) is 6.23. The van der Waals surface area contributed by atoms with E-state index in [1.54, 1.807) is 29.9 Å². The van der Waals surface area contributed by atoms with E-state index in [0.29, 0.717) is 24.6 Å². The SMILES string of the molecule is CN(C(=O)c1cc(C2CC2)n(C)n1)C1CCN(c2ccccc2F)C1=O. The molecule has 136 valence electrons. The number of aryl methyl sites for hydroxylation is 1. The van der Waals surface area contributed by atoms with Gasteiger partial charge in [-0.3, -0.25) is 14.3 Å². The van der Waals surface area contributed by atoms with E-state index in [1.807, 2.05) is 13.1 Å². The molecule has 2 aliphatic rings. The van der Waals surface area contributed by atoms with E-state index >= 15 is 0 Å². The van der Waals surface area contributed by atoms with Crippen LogP contribution in [-0.4, -0.2) is 46.1 Å². The predicted octanol–water partition coefficient (Wildman–Crippen LogP) is 2.31. The van der Waals surface area contributed by atoms with Crippen LogP contribution in [0.4, 0.5) is 10.1 Å². The lowest BCUT2D eigenvalue weighted by Crippen LogP contribution is -2.43. The number of hydrogen-bond acceptors (Lipinski definition) is 3. The normalized spacial score (nSPS) is 19.9. The molecule has 1 aliphatic carbocycles. The largest absolute Gasteiger partial charge is 0.328 e. The molecule has 0 radical (unpaired) electrons. The van der Waals surface area contributed by atoms with Crippen LogP contribution in [0.1, 0.15) is 41.4 Å². The Morgan fingerprint density at radius 3 is 2.69 bits per heavy atom. The standard InChI is InChI=1S/C19H21FN4O2/c1-22(18(25)14-11-17(12-7-8-12)23(2)21-14)16-9-10-24(19(16)26)15-6-4-3-5-13(15)20/h3-6,11-12,16H,7-10H2,1-2H3. The number of rotatable bonds is 4. The van der Waals surface area contributed by atoms with Crippen LogP contribution in [-0.2, 0) is 11.8 Å². The van der Waals surface area contributed by atoms with Gasteiger partial charge in [-0.1, -0.05) is 12.1 Å². The fourth-order valence-electron chi connectivity index (χ4n) is 3.60. The lowest BCUT2D eigenvalue weighted by Gasteiger charge is -2.23. The van der Waals surface area contributed by atoms with E-state index in [-0.39, 0.29) is 17.5 Å². The predicted molar refractivity (Wildman–Crippen MR) is 94.4 cm³/mol. The average molecular weight is 356 g/mol. The number of likely N-dealkylation sites (N-methyl/N-ethyl adjacent to an activating group) is 1. The molecule has 1 aromatic carbocycles. The summed E-state index contributed by atoms with van der Waals surface area (Å²) in [6.45, 7) is 0.387. The molecule has 1 aromatic heterocycles. The quantitative estimate of drug-likeness (QED) is 0.845. The van der Waals surface area contributed by atoms with Gasteiger partial charge in [0.1, 0.15) is 11.9 Å². The highest BCUT2D eigenvalue weighted by atomic mass is 19.1. The second-order valence-electron chi connectivity index (χ2n) is 7.01. The number of anilines is 1. The van der Waals surface area contributed by atoms with Gasteiger partial charge in [-0.15, -0.1) is 0 Å². The molecule has 1 saturated heterocycles. The number of carbonyl (C=O) groups excluding carboxylic acids is 2. The van der Waals surface area contributed by atoms with Gasteiger partial charge in [0.05, 0.1) is 5.69 Å². The van der Waals surface area contributed by atoms with Crippen LogP contribution in [0.15, 0.2) is 30.3 Å². The highest BCUT2D eigenvalue weighted by Crippen LogP contribution is 2.40. The molecular weight excluding hydrogens is 335 g/mol. The molecule has 1 aliphatic heterocycles. The number of aromatic nitrogens is 2. The summed E-state index contributed by atoms with van der Waals surface area (Å²) in [5, 5.41) is 4.32. The van der Waals surface area contributed by atoms with Crippen molar-refractivity contribution in [1.82, 2.24) is 14.7 Å². The first-order valence-corrected chi connectivity index (χ1v) is 8.84. The van der Waals surface area contributed by atoms with Crippen LogP contribution in [0, 0.1) is 5.82 Å². The lowest BCUT2D eigenvalue weighted by atomic mass is 10.2. The summed E-state index contributed by atoms with van der Waals surface area (Å²) in [5.74, 6) is -0.483. The topological polar surface area (TPSA) is 58.4 Å². The van der Waals surface area contributed by atoms with Crippen LogP contribution < -0.4 is 4.90 Å². The fourth-order valence-corrected chi connectivity index (χ4v) is 3.60. The third-order valence-electron chi connectivity index (χ3n) is 5.24. The van der Waals surface area contributed by atoms with E-state index in [9.17, 15) is 14.0 Å². The highest BCUT2D eigenvalue weighted by Gasteiger charge is 2.39. The summed E-state index contributed by atoms with van der Waals surface area (Å²) in [7, 11) is 3.45. The Hall–Kier alpha value is -2.70. The Bertz CT molecular complexity index is 874. The van der Waals surface area contributed by atoms with Gasteiger partial charge in [-0.2, -0.15) is 5.10 Å². The molecule has 0 bridgehead atoms. The summed E-state index contributed by atoms with van der Waals surface area (Å²) in [6.07, 6.45) is 2.72. The van der Waals surface area contributed by atoms with Gasteiger partial charge in [0.15, 0.2) is 5.69 Å². The van der Waals surface area contributed by atoms with Crippen molar-refractivity contribution in [1.29, 1.82) is 0 Å². The number of para-hydroxylation sites is 1. The minimum atomic E-state index is -0.603. The van der Waals surface area contributed by atoms with Gasteiger partial charge in [0, 0.05) is 32.3 Å². The van der Waals surface area contributed by atoms with Crippen molar-refractivity contribution < 1.29 is 14.0 Å². The van der Waals surface area contributed by atoms with Gasteiger partial charge >= 0.3 is 0 Å². The van der Waals surface area contributed by atoms with E-state index in [4.69, 9.17) is 0 Å². The molecule has 0 N–H and O–H groups in total. The van der Waals surface area contributed by atoms with Crippen LogP contribution >= 0.6 is 0 Å². The average Bonchev–Trinajstić information content (AvgIpc) is 3.30. The van der Waals surface area contributed by atoms with Crippen molar-refractivity contribution in [3.8, 4) is 0 Å². The minimum Gasteiger partial charge on any atom is -0.328 e. The fraction of sp³-hybridized carbons (Fsp3) is 0.421. The number of hydrogen-bond donors (Lipinski definition) is 0. The smallest absolute Gasteiger partial charge is 0.274 e. The summed E-state index contributed by atoms with van der Waals surface area (Å²) < 4.78 is 15.8. The monoisotopic (exact) mass is 356 g/mol. The molecule has 1 atom stereocenters. The number of nitrogens with zero attached hydrogens (tertiary/aromatic N) is 4. The first kappa shape index (κ1) is 16.8. The van der Waals surface area contributed by atoms with E-state index in [1.165, 1.54) is 15.9 Å².